The minimum atomic E-state index is -3.69. The third kappa shape index (κ3) is 3.57. The number of ether oxygens (including phenoxy) is 2. The number of para-hydroxylation sites is 2. The van der Waals surface area contributed by atoms with Crippen LogP contribution in [0, 0.1) is 0 Å². The Morgan fingerprint density at radius 2 is 2.00 bits per heavy atom. The van der Waals surface area contributed by atoms with Crippen LogP contribution in [0.1, 0.15) is 18.9 Å². The lowest BCUT2D eigenvalue weighted by atomic mass is 10.2. The predicted molar refractivity (Wildman–Crippen MR) is 104 cm³/mol. The van der Waals surface area contributed by atoms with E-state index in [9.17, 15) is 13.2 Å². The first-order valence-corrected chi connectivity index (χ1v) is 10.8. The van der Waals surface area contributed by atoms with Gasteiger partial charge in [0.1, 0.15) is 12.7 Å². The molecule has 0 radical (unpaired) electrons. The molecule has 4 rings (SSSR count). The van der Waals surface area contributed by atoms with E-state index in [0.29, 0.717) is 30.9 Å². The molecule has 7 nitrogen and oxygen atoms in total. The molecule has 28 heavy (non-hydrogen) atoms. The lowest BCUT2D eigenvalue weighted by Crippen LogP contribution is -2.40. The van der Waals surface area contributed by atoms with Crippen molar-refractivity contribution >= 4 is 21.6 Å². The summed E-state index contributed by atoms with van der Waals surface area (Å²) >= 11 is 0. The van der Waals surface area contributed by atoms with Crippen LogP contribution >= 0.6 is 0 Å². The van der Waals surface area contributed by atoms with Crippen LogP contribution in [0.3, 0.4) is 0 Å². The number of anilines is 1. The SMILES string of the molecule is CCC(=O)N1CCc2cc(S(=O)(=O)NC[C@H]3COc4ccccc4O3)ccc21. The number of hydrogen-bond acceptors (Lipinski definition) is 5. The van der Waals surface area contributed by atoms with Gasteiger partial charge in [0, 0.05) is 18.7 Å². The molecule has 0 fully saturated rings. The zero-order valence-electron chi connectivity index (χ0n) is 15.6. The second-order valence-electron chi connectivity index (χ2n) is 6.79. The quantitative estimate of drug-likeness (QED) is 0.828. The summed E-state index contributed by atoms with van der Waals surface area (Å²) in [6.45, 7) is 2.79. The smallest absolute Gasteiger partial charge is 0.240 e. The summed E-state index contributed by atoms with van der Waals surface area (Å²) in [5, 5.41) is 0. The summed E-state index contributed by atoms with van der Waals surface area (Å²) in [6, 6.07) is 12.2. The number of nitrogens with one attached hydrogen (secondary N) is 1. The number of carbonyl (C=O) groups is 1. The molecule has 0 spiro atoms. The second-order valence-corrected chi connectivity index (χ2v) is 8.56. The first-order chi connectivity index (χ1) is 13.5. The summed E-state index contributed by atoms with van der Waals surface area (Å²) < 4.78 is 39.4. The number of fused-ring (bicyclic) bond motifs is 2. The lowest BCUT2D eigenvalue weighted by molar-refractivity contribution is -0.118. The summed E-state index contributed by atoms with van der Waals surface area (Å²) in [5.74, 6) is 1.31. The maximum Gasteiger partial charge on any atom is 0.240 e. The van der Waals surface area contributed by atoms with Crippen molar-refractivity contribution in [3.63, 3.8) is 0 Å². The summed E-state index contributed by atoms with van der Waals surface area (Å²) in [5.41, 5.74) is 1.67. The van der Waals surface area contributed by atoms with Gasteiger partial charge in [-0.3, -0.25) is 4.79 Å². The van der Waals surface area contributed by atoms with Gasteiger partial charge in [-0.2, -0.15) is 0 Å². The van der Waals surface area contributed by atoms with E-state index in [2.05, 4.69) is 4.72 Å². The zero-order chi connectivity index (χ0) is 19.7. The lowest BCUT2D eigenvalue weighted by Gasteiger charge is -2.26. The van der Waals surface area contributed by atoms with Crippen molar-refractivity contribution in [2.45, 2.75) is 30.8 Å². The Morgan fingerprint density at radius 1 is 1.21 bits per heavy atom. The van der Waals surface area contributed by atoms with Gasteiger partial charge in [-0.25, -0.2) is 13.1 Å². The van der Waals surface area contributed by atoms with Crippen molar-refractivity contribution in [2.24, 2.45) is 0 Å². The highest BCUT2D eigenvalue weighted by Crippen LogP contribution is 2.32. The van der Waals surface area contributed by atoms with Crippen molar-refractivity contribution in [2.75, 3.05) is 24.6 Å². The molecule has 8 heteroatoms. The van der Waals surface area contributed by atoms with Gasteiger partial charge in [-0.1, -0.05) is 19.1 Å². The number of hydrogen-bond donors (Lipinski definition) is 1. The molecule has 0 aliphatic carbocycles. The fourth-order valence-corrected chi connectivity index (χ4v) is 4.56. The zero-order valence-corrected chi connectivity index (χ0v) is 16.4. The molecule has 0 saturated carbocycles. The fourth-order valence-electron chi connectivity index (χ4n) is 3.44. The van der Waals surface area contributed by atoms with E-state index in [1.807, 2.05) is 25.1 Å². The molecule has 2 aromatic rings. The van der Waals surface area contributed by atoms with E-state index in [-0.39, 0.29) is 24.0 Å². The second kappa shape index (κ2) is 7.44. The van der Waals surface area contributed by atoms with E-state index in [4.69, 9.17) is 9.47 Å². The molecule has 2 aliphatic rings. The minimum absolute atomic E-state index is 0.0437. The number of sulfonamides is 1. The highest BCUT2D eigenvalue weighted by Gasteiger charge is 2.27. The molecule has 2 heterocycles. The molecule has 0 unspecified atom stereocenters. The molecule has 2 aromatic carbocycles. The summed E-state index contributed by atoms with van der Waals surface area (Å²) in [4.78, 5) is 13.9. The van der Waals surface area contributed by atoms with Crippen molar-refractivity contribution in [1.29, 1.82) is 0 Å². The Hall–Kier alpha value is -2.58. The molecule has 0 saturated heterocycles. The largest absolute Gasteiger partial charge is 0.486 e. The third-order valence-electron chi connectivity index (χ3n) is 4.93. The van der Waals surface area contributed by atoms with Gasteiger partial charge in [-0.15, -0.1) is 0 Å². The van der Waals surface area contributed by atoms with Crippen LogP contribution in [0.2, 0.25) is 0 Å². The van der Waals surface area contributed by atoms with E-state index < -0.39 is 16.1 Å². The number of carbonyl (C=O) groups excluding carboxylic acids is 1. The summed E-state index contributed by atoms with van der Waals surface area (Å²) in [7, 11) is -3.69. The van der Waals surface area contributed by atoms with E-state index in [0.717, 1.165) is 11.3 Å². The minimum Gasteiger partial charge on any atom is -0.486 e. The third-order valence-corrected chi connectivity index (χ3v) is 6.35. The average Bonchev–Trinajstić information content (AvgIpc) is 3.15. The fraction of sp³-hybridized carbons (Fsp3) is 0.350. The molecule has 1 amide bonds. The van der Waals surface area contributed by atoms with Gasteiger partial charge in [0.25, 0.3) is 0 Å². The molecule has 1 atom stereocenters. The number of rotatable bonds is 5. The van der Waals surface area contributed by atoms with Crippen LogP contribution in [0.4, 0.5) is 5.69 Å². The monoisotopic (exact) mass is 402 g/mol. The van der Waals surface area contributed by atoms with Crippen LogP contribution in [-0.2, 0) is 21.2 Å². The topological polar surface area (TPSA) is 84.9 Å². The average molecular weight is 402 g/mol. The Morgan fingerprint density at radius 3 is 2.79 bits per heavy atom. The van der Waals surface area contributed by atoms with Gasteiger partial charge < -0.3 is 14.4 Å². The van der Waals surface area contributed by atoms with Crippen LogP contribution in [0.5, 0.6) is 11.5 Å². The first kappa shape index (κ1) is 18.8. The molecular weight excluding hydrogens is 380 g/mol. The van der Waals surface area contributed by atoms with Gasteiger partial charge >= 0.3 is 0 Å². The van der Waals surface area contributed by atoms with Crippen LogP contribution in [0.15, 0.2) is 47.4 Å². The van der Waals surface area contributed by atoms with Crippen molar-refractivity contribution in [3.8, 4) is 11.5 Å². The first-order valence-electron chi connectivity index (χ1n) is 9.29. The molecule has 2 aliphatic heterocycles. The molecule has 0 aromatic heterocycles. The number of benzene rings is 2. The van der Waals surface area contributed by atoms with Crippen LogP contribution in [-0.4, -0.2) is 40.1 Å². The van der Waals surface area contributed by atoms with Gasteiger partial charge in [-0.05, 0) is 42.3 Å². The Bertz CT molecular complexity index is 1010. The maximum absolute atomic E-state index is 12.7. The predicted octanol–water partition coefficient (Wildman–Crippen LogP) is 2.10. The van der Waals surface area contributed by atoms with Crippen molar-refractivity contribution in [3.05, 3.63) is 48.0 Å². The molecular formula is C20H22N2O5S. The summed E-state index contributed by atoms with van der Waals surface area (Å²) in [6.07, 6.45) is 0.672. The Balaban J connectivity index is 1.44. The van der Waals surface area contributed by atoms with Gasteiger partial charge in [0.2, 0.25) is 15.9 Å². The maximum atomic E-state index is 12.7. The molecule has 0 bridgehead atoms. The Labute approximate surface area is 164 Å². The molecule has 148 valence electrons. The number of amides is 1. The van der Waals surface area contributed by atoms with Gasteiger partial charge in [0.15, 0.2) is 11.5 Å². The van der Waals surface area contributed by atoms with Crippen LogP contribution < -0.4 is 19.1 Å². The highest BCUT2D eigenvalue weighted by atomic mass is 32.2. The van der Waals surface area contributed by atoms with Gasteiger partial charge in [0.05, 0.1) is 11.4 Å². The van der Waals surface area contributed by atoms with Crippen molar-refractivity contribution < 1.29 is 22.7 Å². The normalized spacial score (nSPS) is 18.0. The van der Waals surface area contributed by atoms with E-state index in [1.165, 1.54) is 6.07 Å². The Kier molecular flexibility index (Phi) is 4.99. The van der Waals surface area contributed by atoms with E-state index >= 15 is 0 Å². The standard InChI is InChI=1S/C20H22N2O5S/c1-2-20(23)22-10-9-14-11-16(7-8-17(14)22)28(24,25)21-12-15-13-26-18-5-3-4-6-19(18)27-15/h3-8,11,15,21H,2,9-10,12-13H2,1H3/t15-/m0/s1. The van der Waals surface area contributed by atoms with Crippen LogP contribution in [0.25, 0.3) is 0 Å². The number of nitrogens with zero attached hydrogens (tertiary/aromatic N) is 1. The molecule has 1 N–H and O–H groups in total. The highest BCUT2D eigenvalue weighted by molar-refractivity contribution is 7.89. The van der Waals surface area contributed by atoms with Crippen molar-refractivity contribution in [1.82, 2.24) is 4.72 Å². The van der Waals surface area contributed by atoms with E-state index in [1.54, 1.807) is 23.1 Å².